The Kier molecular flexibility index (Phi) is 2.05. The van der Waals surface area contributed by atoms with E-state index < -0.39 is 6.10 Å². The monoisotopic (exact) mass is 169 g/mol. The van der Waals surface area contributed by atoms with E-state index in [1.165, 1.54) is 19.3 Å². The normalized spacial score (nSPS) is 30.9. The molecule has 0 aromatic carbocycles. The Balaban J connectivity index is 1.83. The summed E-state index contributed by atoms with van der Waals surface area (Å²) in [6.45, 7) is 1.45. The van der Waals surface area contributed by atoms with Gasteiger partial charge in [-0.3, -0.25) is 4.79 Å². The zero-order valence-electron chi connectivity index (χ0n) is 7.20. The van der Waals surface area contributed by atoms with Crippen molar-refractivity contribution in [1.82, 2.24) is 4.90 Å². The number of β-amino-alcohol motifs (C(OH)–C–C–N with tert-alkyl or cyclic N) is 1. The number of nitrogens with zero attached hydrogens (tertiary/aromatic N) is 1. The second-order valence-corrected chi connectivity index (χ2v) is 3.95. The van der Waals surface area contributed by atoms with Crippen LogP contribution in [0.1, 0.15) is 25.7 Å². The van der Waals surface area contributed by atoms with Gasteiger partial charge in [0.2, 0.25) is 5.91 Å². The fourth-order valence-electron chi connectivity index (χ4n) is 1.91. The van der Waals surface area contributed by atoms with Gasteiger partial charge in [0, 0.05) is 13.1 Å². The number of hydrogen-bond acceptors (Lipinski definition) is 2. The summed E-state index contributed by atoms with van der Waals surface area (Å²) in [5.74, 6) is 0.855. The average Bonchev–Trinajstić information content (AvgIpc) is 2.21. The van der Waals surface area contributed by atoms with E-state index in [1.54, 1.807) is 0 Å². The first-order valence-corrected chi connectivity index (χ1v) is 4.71. The number of rotatable bonds is 2. The molecule has 0 aromatic heterocycles. The van der Waals surface area contributed by atoms with Crippen molar-refractivity contribution in [3.8, 4) is 0 Å². The Bertz CT molecular complexity index is 189. The standard InChI is InChI=1S/C9H15NO2/c11-8-4-9(12)10(6-8)5-7-2-1-3-7/h7-8,11H,1-6H2. The molecule has 1 saturated heterocycles. The van der Waals surface area contributed by atoms with Gasteiger partial charge >= 0.3 is 0 Å². The average molecular weight is 169 g/mol. The number of carbonyl (C=O) groups excluding carboxylic acids is 1. The molecule has 0 aromatic rings. The van der Waals surface area contributed by atoms with Crippen LogP contribution in [0, 0.1) is 5.92 Å². The van der Waals surface area contributed by atoms with Gasteiger partial charge in [0.1, 0.15) is 0 Å². The van der Waals surface area contributed by atoms with Crippen molar-refractivity contribution in [3.63, 3.8) is 0 Å². The van der Waals surface area contributed by atoms with Gasteiger partial charge in [0.25, 0.3) is 0 Å². The number of amides is 1. The van der Waals surface area contributed by atoms with Crippen LogP contribution in [0.3, 0.4) is 0 Å². The van der Waals surface area contributed by atoms with Crippen LogP contribution in [-0.2, 0) is 4.79 Å². The topological polar surface area (TPSA) is 40.5 Å². The maximum atomic E-state index is 11.2. The molecule has 1 unspecified atom stereocenters. The third kappa shape index (κ3) is 1.46. The first kappa shape index (κ1) is 8.05. The zero-order valence-corrected chi connectivity index (χ0v) is 7.20. The van der Waals surface area contributed by atoms with Crippen molar-refractivity contribution in [2.75, 3.05) is 13.1 Å². The van der Waals surface area contributed by atoms with Crippen molar-refractivity contribution >= 4 is 5.91 Å². The lowest BCUT2D eigenvalue weighted by Gasteiger charge is -2.29. The van der Waals surface area contributed by atoms with Gasteiger partial charge in [0.05, 0.1) is 12.5 Å². The molecule has 12 heavy (non-hydrogen) atoms. The fourth-order valence-corrected chi connectivity index (χ4v) is 1.91. The Hall–Kier alpha value is -0.570. The Morgan fingerprint density at radius 1 is 1.50 bits per heavy atom. The molecular weight excluding hydrogens is 154 g/mol. The third-order valence-electron chi connectivity index (χ3n) is 2.90. The molecular formula is C9H15NO2. The maximum absolute atomic E-state index is 11.2. The first-order chi connectivity index (χ1) is 5.75. The number of aliphatic hydroxyl groups is 1. The van der Waals surface area contributed by atoms with E-state index in [0.717, 1.165) is 12.5 Å². The van der Waals surface area contributed by atoms with E-state index in [-0.39, 0.29) is 5.91 Å². The molecule has 0 radical (unpaired) electrons. The van der Waals surface area contributed by atoms with Gasteiger partial charge < -0.3 is 10.0 Å². The van der Waals surface area contributed by atoms with E-state index in [0.29, 0.717) is 13.0 Å². The van der Waals surface area contributed by atoms with Crippen molar-refractivity contribution in [1.29, 1.82) is 0 Å². The van der Waals surface area contributed by atoms with Gasteiger partial charge in [0.15, 0.2) is 0 Å². The molecule has 1 aliphatic carbocycles. The summed E-state index contributed by atoms with van der Waals surface area (Å²) in [4.78, 5) is 13.0. The van der Waals surface area contributed by atoms with Crippen LogP contribution >= 0.6 is 0 Å². The Morgan fingerprint density at radius 2 is 2.25 bits per heavy atom. The molecule has 1 saturated carbocycles. The highest BCUT2D eigenvalue weighted by molar-refractivity contribution is 5.79. The predicted molar refractivity (Wildman–Crippen MR) is 44.5 cm³/mol. The van der Waals surface area contributed by atoms with Crippen LogP contribution < -0.4 is 0 Å². The van der Waals surface area contributed by atoms with Crippen LogP contribution in [0.5, 0.6) is 0 Å². The first-order valence-electron chi connectivity index (χ1n) is 4.71. The minimum absolute atomic E-state index is 0.134. The van der Waals surface area contributed by atoms with Crippen molar-refractivity contribution in [3.05, 3.63) is 0 Å². The second kappa shape index (κ2) is 3.05. The molecule has 2 rings (SSSR count). The molecule has 68 valence electrons. The van der Waals surface area contributed by atoms with Gasteiger partial charge in [-0.05, 0) is 18.8 Å². The van der Waals surface area contributed by atoms with Crippen molar-refractivity contribution < 1.29 is 9.90 Å². The molecule has 3 heteroatoms. The lowest BCUT2D eigenvalue weighted by molar-refractivity contribution is -0.128. The maximum Gasteiger partial charge on any atom is 0.225 e. The molecule has 1 aliphatic heterocycles. The van der Waals surface area contributed by atoms with Crippen LogP contribution in [0.4, 0.5) is 0 Å². The molecule has 1 N–H and O–H groups in total. The van der Waals surface area contributed by atoms with E-state index in [2.05, 4.69) is 0 Å². The quantitative estimate of drug-likeness (QED) is 0.649. The van der Waals surface area contributed by atoms with E-state index in [4.69, 9.17) is 0 Å². The molecule has 2 aliphatic rings. The summed E-state index contributed by atoms with van der Waals surface area (Å²) in [7, 11) is 0. The zero-order chi connectivity index (χ0) is 8.55. The SMILES string of the molecule is O=C1CC(O)CN1CC1CCC1. The van der Waals surface area contributed by atoms with Gasteiger partial charge in [-0.15, -0.1) is 0 Å². The lowest BCUT2D eigenvalue weighted by atomic mass is 9.85. The van der Waals surface area contributed by atoms with Crippen molar-refractivity contribution in [2.45, 2.75) is 31.8 Å². The van der Waals surface area contributed by atoms with E-state index >= 15 is 0 Å². The second-order valence-electron chi connectivity index (χ2n) is 3.95. The van der Waals surface area contributed by atoms with E-state index in [9.17, 15) is 9.90 Å². The smallest absolute Gasteiger partial charge is 0.225 e. The molecule has 0 spiro atoms. The highest BCUT2D eigenvalue weighted by Crippen LogP contribution is 2.28. The summed E-state index contributed by atoms with van der Waals surface area (Å²) in [6, 6.07) is 0. The molecule has 0 bridgehead atoms. The van der Waals surface area contributed by atoms with E-state index in [1.807, 2.05) is 4.90 Å². The summed E-state index contributed by atoms with van der Waals surface area (Å²) in [6.07, 6.45) is 3.78. The van der Waals surface area contributed by atoms with Crippen LogP contribution in [0.2, 0.25) is 0 Å². The number of likely N-dealkylation sites (tertiary alicyclic amines) is 1. The minimum Gasteiger partial charge on any atom is -0.391 e. The number of aliphatic hydroxyl groups excluding tert-OH is 1. The highest BCUT2D eigenvalue weighted by Gasteiger charge is 2.30. The number of carbonyl (C=O) groups is 1. The summed E-state index contributed by atoms with van der Waals surface area (Å²) in [5.41, 5.74) is 0. The van der Waals surface area contributed by atoms with Gasteiger partial charge in [-0.25, -0.2) is 0 Å². The number of hydrogen-bond donors (Lipinski definition) is 1. The largest absolute Gasteiger partial charge is 0.391 e. The third-order valence-corrected chi connectivity index (χ3v) is 2.90. The Morgan fingerprint density at radius 3 is 2.67 bits per heavy atom. The molecule has 1 atom stereocenters. The minimum atomic E-state index is -0.405. The fraction of sp³-hybridized carbons (Fsp3) is 0.889. The van der Waals surface area contributed by atoms with Crippen LogP contribution in [0.25, 0.3) is 0 Å². The van der Waals surface area contributed by atoms with Crippen molar-refractivity contribution in [2.24, 2.45) is 5.92 Å². The Labute approximate surface area is 72.4 Å². The molecule has 3 nitrogen and oxygen atoms in total. The predicted octanol–water partition coefficient (Wildman–Crippen LogP) is 0.380. The summed E-state index contributed by atoms with van der Waals surface area (Å²) in [5, 5.41) is 9.21. The molecule has 1 amide bonds. The van der Waals surface area contributed by atoms with Crippen LogP contribution in [0.15, 0.2) is 0 Å². The molecule has 2 fully saturated rings. The van der Waals surface area contributed by atoms with Crippen LogP contribution in [-0.4, -0.2) is 35.1 Å². The van der Waals surface area contributed by atoms with Gasteiger partial charge in [-0.1, -0.05) is 6.42 Å². The highest BCUT2D eigenvalue weighted by atomic mass is 16.3. The summed E-state index contributed by atoms with van der Waals surface area (Å²) >= 11 is 0. The summed E-state index contributed by atoms with van der Waals surface area (Å²) < 4.78 is 0. The molecule has 1 heterocycles. The lowest BCUT2D eigenvalue weighted by Crippen LogP contribution is -2.34. The van der Waals surface area contributed by atoms with Gasteiger partial charge in [-0.2, -0.15) is 0 Å².